The number of nitrogens with zero attached hydrogens (tertiary/aromatic N) is 5. The summed E-state index contributed by atoms with van der Waals surface area (Å²) < 4.78 is 29.2. The molecule has 5 rings (SSSR count). The minimum absolute atomic E-state index is 0.0422. The fourth-order valence-corrected chi connectivity index (χ4v) is 4.80. The highest BCUT2D eigenvalue weighted by Crippen LogP contribution is 2.37. The summed E-state index contributed by atoms with van der Waals surface area (Å²) in [5.41, 5.74) is 5.48. The van der Waals surface area contributed by atoms with E-state index in [0.717, 1.165) is 34.3 Å². The van der Waals surface area contributed by atoms with Crippen LogP contribution in [0.2, 0.25) is 0 Å². The van der Waals surface area contributed by atoms with E-state index in [2.05, 4.69) is 36.9 Å². The standard InChI is InChI=1S/C23H20N6O2S/c1-29-11-7-23(27-29)32(30,31)28-19-12-18(14-25-15-19)17-2-3-22-21(13-17)20(6-10-26-22)16-4-8-24-9-5-16/h2,4-15,22,28H,3H2,1H3. The monoisotopic (exact) mass is 444 g/mol. The lowest BCUT2D eigenvalue weighted by Crippen LogP contribution is -2.16. The Morgan fingerprint density at radius 1 is 1.09 bits per heavy atom. The van der Waals surface area contributed by atoms with Crippen LogP contribution < -0.4 is 4.72 Å². The number of anilines is 1. The third-order valence-electron chi connectivity index (χ3n) is 5.33. The van der Waals surface area contributed by atoms with Gasteiger partial charge in [0.05, 0.1) is 17.9 Å². The van der Waals surface area contributed by atoms with E-state index in [1.807, 2.05) is 24.4 Å². The smallest absolute Gasteiger partial charge is 0.281 e. The zero-order valence-corrected chi connectivity index (χ0v) is 18.1. The Bertz CT molecular complexity index is 1400. The van der Waals surface area contributed by atoms with Gasteiger partial charge in [0.2, 0.25) is 0 Å². The number of pyridine rings is 2. The third kappa shape index (κ3) is 3.90. The van der Waals surface area contributed by atoms with Crippen molar-refractivity contribution >= 4 is 33.1 Å². The first-order chi connectivity index (χ1) is 15.5. The molecule has 4 heterocycles. The van der Waals surface area contributed by atoms with Gasteiger partial charge in [0.1, 0.15) is 0 Å². The van der Waals surface area contributed by atoms with Crippen molar-refractivity contribution < 1.29 is 8.42 Å². The predicted octanol–water partition coefficient (Wildman–Crippen LogP) is 3.26. The molecule has 9 heteroatoms. The molecule has 8 nitrogen and oxygen atoms in total. The molecule has 1 aliphatic carbocycles. The summed E-state index contributed by atoms with van der Waals surface area (Å²) in [7, 11) is -2.13. The molecule has 1 aliphatic heterocycles. The first-order valence-electron chi connectivity index (χ1n) is 10.0. The van der Waals surface area contributed by atoms with Crippen LogP contribution in [0.25, 0.3) is 11.1 Å². The molecule has 0 amide bonds. The molecule has 160 valence electrons. The highest BCUT2D eigenvalue weighted by atomic mass is 32.2. The van der Waals surface area contributed by atoms with Crippen LogP contribution in [0.4, 0.5) is 5.69 Å². The van der Waals surface area contributed by atoms with E-state index in [9.17, 15) is 8.42 Å². The predicted molar refractivity (Wildman–Crippen MR) is 123 cm³/mol. The number of rotatable bonds is 5. The van der Waals surface area contributed by atoms with Crippen molar-refractivity contribution in [3.63, 3.8) is 0 Å². The van der Waals surface area contributed by atoms with Crippen LogP contribution in [0.1, 0.15) is 17.5 Å². The van der Waals surface area contributed by atoms with Gasteiger partial charge >= 0.3 is 0 Å². The van der Waals surface area contributed by atoms with Crippen molar-refractivity contribution in [2.24, 2.45) is 12.0 Å². The molecular weight excluding hydrogens is 424 g/mol. The molecule has 3 aromatic heterocycles. The molecular formula is C23H20N6O2S. The first-order valence-corrected chi connectivity index (χ1v) is 11.5. The maximum absolute atomic E-state index is 12.6. The van der Waals surface area contributed by atoms with Crippen molar-refractivity contribution in [1.29, 1.82) is 0 Å². The molecule has 3 aromatic rings. The van der Waals surface area contributed by atoms with Crippen LogP contribution in [0, 0.1) is 0 Å². The van der Waals surface area contributed by atoms with Crippen molar-refractivity contribution in [2.45, 2.75) is 17.5 Å². The highest BCUT2D eigenvalue weighted by Gasteiger charge is 2.24. The lowest BCUT2D eigenvalue weighted by Gasteiger charge is -2.25. The second kappa shape index (κ2) is 8.01. The van der Waals surface area contributed by atoms with Crippen LogP contribution in [0.3, 0.4) is 0 Å². The van der Waals surface area contributed by atoms with Gasteiger partial charge in [-0.3, -0.25) is 24.4 Å². The number of aromatic nitrogens is 4. The maximum atomic E-state index is 12.6. The summed E-state index contributed by atoms with van der Waals surface area (Å²) in [5.74, 6) is 0. The minimum Gasteiger partial charge on any atom is -0.285 e. The van der Waals surface area contributed by atoms with Gasteiger partial charge in [-0.1, -0.05) is 6.08 Å². The van der Waals surface area contributed by atoms with Gasteiger partial charge in [-0.15, -0.1) is 0 Å². The average molecular weight is 445 g/mol. The number of sulfonamides is 1. The van der Waals surface area contributed by atoms with E-state index in [-0.39, 0.29) is 11.1 Å². The molecule has 0 aromatic carbocycles. The molecule has 0 fully saturated rings. The fourth-order valence-electron chi connectivity index (χ4n) is 3.80. The van der Waals surface area contributed by atoms with Crippen molar-refractivity contribution in [1.82, 2.24) is 19.7 Å². The molecule has 2 aliphatic rings. The number of hydrogen-bond acceptors (Lipinski definition) is 6. The molecule has 0 spiro atoms. The molecule has 32 heavy (non-hydrogen) atoms. The van der Waals surface area contributed by atoms with Crippen LogP contribution in [0.15, 0.2) is 89.1 Å². The second-order valence-corrected chi connectivity index (χ2v) is 9.15. The van der Waals surface area contributed by atoms with Gasteiger partial charge < -0.3 is 0 Å². The number of fused-ring (bicyclic) bond motifs is 1. The number of aryl methyl sites for hydroxylation is 1. The maximum Gasteiger partial charge on any atom is 0.281 e. The van der Waals surface area contributed by atoms with Gasteiger partial charge in [-0.25, -0.2) is 0 Å². The Morgan fingerprint density at radius 3 is 2.72 bits per heavy atom. The Hall–Kier alpha value is -3.85. The average Bonchev–Trinajstić information content (AvgIpc) is 3.26. The molecule has 0 saturated carbocycles. The minimum atomic E-state index is -3.79. The lowest BCUT2D eigenvalue weighted by molar-refractivity contribution is 0.593. The van der Waals surface area contributed by atoms with Gasteiger partial charge in [0.15, 0.2) is 5.03 Å². The molecule has 0 bridgehead atoms. The quantitative estimate of drug-likeness (QED) is 0.651. The number of allylic oxidation sites excluding steroid dienone is 3. The summed E-state index contributed by atoms with van der Waals surface area (Å²) in [6.07, 6.45) is 17.2. The molecule has 0 saturated heterocycles. The Kier molecular flexibility index (Phi) is 5.02. The van der Waals surface area contributed by atoms with E-state index < -0.39 is 10.0 Å². The number of hydrogen-bond donors (Lipinski definition) is 1. The summed E-state index contributed by atoms with van der Waals surface area (Å²) >= 11 is 0. The van der Waals surface area contributed by atoms with Crippen LogP contribution in [0.5, 0.6) is 0 Å². The van der Waals surface area contributed by atoms with Crippen LogP contribution >= 0.6 is 0 Å². The van der Waals surface area contributed by atoms with E-state index in [4.69, 9.17) is 0 Å². The van der Waals surface area contributed by atoms with Crippen molar-refractivity contribution in [2.75, 3.05) is 4.72 Å². The van der Waals surface area contributed by atoms with Gasteiger partial charge in [-0.05, 0) is 65.1 Å². The van der Waals surface area contributed by atoms with Gasteiger partial charge in [0, 0.05) is 43.6 Å². The SMILES string of the molecule is Cn1ccc(S(=O)(=O)Nc2cncc(C3=CCC4N=CC=C(c5ccncc5)C4=C3)c2)n1. The lowest BCUT2D eigenvalue weighted by atomic mass is 9.84. The Morgan fingerprint density at radius 2 is 1.94 bits per heavy atom. The number of dihydropyridines is 1. The van der Waals surface area contributed by atoms with E-state index >= 15 is 0 Å². The largest absolute Gasteiger partial charge is 0.285 e. The zero-order valence-electron chi connectivity index (χ0n) is 17.3. The Balaban J connectivity index is 1.45. The van der Waals surface area contributed by atoms with Gasteiger partial charge in [-0.2, -0.15) is 13.5 Å². The van der Waals surface area contributed by atoms with E-state index in [1.54, 1.807) is 37.9 Å². The normalized spacial score (nSPS) is 17.8. The van der Waals surface area contributed by atoms with Crippen molar-refractivity contribution in [3.8, 4) is 0 Å². The van der Waals surface area contributed by atoms with E-state index in [0.29, 0.717) is 5.69 Å². The number of aliphatic imine (C=N–C) groups is 1. The van der Waals surface area contributed by atoms with E-state index in [1.165, 1.54) is 16.9 Å². The topological polar surface area (TPSA) is 102 Å². The van der Waals surface area contributed by atoms with Gasteiger partial charge in [0.25, 0.3) is 10.0 Å². The molecule has 1 atom stereocenters. The zero-order chi connectivity index (χ0) is 22.1. The number of nitrogens with one attached hydrogen (secondary N) is 1. The first kappa shape index (κ1) is 20.1. The summed E-state index contributed by atoms with van der Waals surface area (Å²) in [5, 5.41) is 3.93. The van der Waals surface area contributed by atoms with Crippen molar-refractivity contribution in [3.05, 3.63) is 90.2 Å². The summed E-state index contributed by atoms with van der Waals surface area (Å²) in [4.78, 5) is 13.0. The summed E-state index contributed by atoms with van der Waals surface area (Å²) in [6.45, 7) is 0. The molecule has 1 N–H and O–H groups in total. The van der Waals surface area contributed by atoms with Crippen LogP contribution in [-0.4, -0.2) is 40.4 Å². The third-order valence-corrected chi connectivity index (χ3v) is 6.60. The fraction of sp³-hybridized carbons (Fsp3) is 0.130. The highest BCUT2D eigenvalue weighted by molar-refractivity contribution is 7.92. The summed E-state index contributed by atoms with van der Waals surface area (Å²) in [6, 6.07) is 7.25. The molecule has 1 unspecified atom stereocenters. The second-order valence-electron chi connectivity index (χ2n) is 7.52. The van der Waals surface area contributed by atoms with Crippen LogP contribution in [-0.2, 0) is 17.1 Å². The Labute approximate surface area is 185 Å². The molecule has 0 radical (unpaired) electrons.